The molecule has 1 heterocycles. The number of nitrogens with zero attached hydrogens (tertiary/aromatic N) is 3. The van der Waals surface area contributed by atoms with Crippen LogP contribution in [-0.2, 0) is 0 Å². The lowest BCUT2D eigenvalue weighted by Gasteiger charge is -2.08. The van der Waals surface area contributed by atoms with Crippen molar-refractivity contribution >= 4 is 28.9 Å². The topological polar surface area (TPSA) is 99.7 Å². The molecular formula is C11H9ClN6. The van der Waals surface area contributed by atoms with Crippen molar-refractivity contribution < 1.29 is 0 Å². The van der Waals surface area contributed by atoms with E-state index in [2.05, 4.69) is 20.7 Å². The van der Waals surface area contributed by atoms with Gasteiger partial charge < -0.3 is 10.7 Å². The van der Waals surface area contributed by atoms with E-state index in [1.807, 2.05) is 6.07 Å². The average Bonchev–Trinajstić information content (AvgIpc) is 2.41. The molecular weight excluding hydrogens is 252 g/mol. The molecule has 2 aromatic rings. The van der Waals surface area contributed by atoms with Gasteiger partial charge in [-0.1, -0.05) is 11.6 Å². The predicted molar refractivity (Wildman–Crippen MR) is 69.3 cm³/mol. The molecule has 7 heteroatoms. The van der Waals surface area contributed by atoms with Crippen LogP contribution >= 0.6 is 11.6 Å². The van der Waals surface area contributed by atoms with Gasteiger partial charge in [-0.3, -0.25) is 4.98 Å². The van der Waals surface area contributed by atoms with Crippen molar-refractivity contribution in [2.24, 2.45) is 5.84 Å². The van der Waals surface area contributed by atoms with E-state index in [9.17, 15) is 0 Å². The molecule has 1 aromatic carbocycles. The molecule has 1 aromatic heterocycles. The Labute approximate surface area is 108 Å². The number of nitrogens with one attached hydrogen (secondary N) is 2. The minimum Gasteiger partial charge on any atom is -0.338 e. The second kappa shape index (κ2) is 5.31. The van der Waals surface area contributed by atoms with E-state index in [1.54, 1.807) is 18.2 Å². The van der Waals surface area contributed by atoms with E-state index in [4.69, 9.17) is 22.7 Å². The van der Waals surface area contributed by atoms with Gasteiger partial charge in [-0.05, 0) is 18.2 Å². The summed E-state index contributed by atoms with van der Waals surface area (Å²) in [6.45, 7) is 0. The SMILES string of the molecule is N#Cc1ccc(Nc2cncc(NN)n2)c(Cl)c1. The molecule has 0 fully saturated rings. The van der Waals surface area contributed by atoms with Crippen LogP contribution in [-0.4, -0.2) is 9.97 Å². The summed E-state index contributed by atoms with van der Waals surface area (Å²) >= 11 is 6.03. The van der Waals surface area contributed by atoms with Crippen LogP contribution in [0.3, 0.4) is 0 Å². The first-order chi connectivity index (χ1) is 8.72. The van der Waals surface area contributed by atoms with Gasteiger partial charge in [0.15, 0.2) is 11.6 Å². The Hall–Kier alpha value is -2.36. The zero-order valence-corrected chi connectivity index (χ0v) is 9.94. The molecule has 0 saturated heterocycles. The molecule has 0 bridgehead atoms. The monoisotopic (exact) mass is 260 g/mol. The lowest BCUT2D eigenvalue weighted by molar-refractivity contribution is 1.16. The molecule has 0 radical (unpaired) electrons. The fraction of sp³-hybridized carbons (Fsp3) is 0. The first-order valence-corrected chi connectivity index (χ1v) is 5.36. The summed E-state index contributed by atoms with van der Waals surface area (Å²) in [4.78, 5) is 8.09. The molecule has 0 saturated carbocycles. The standard InChI is InChI=1S/C11H9ClN6/c12-8-3-7(4-13)1-2-9(8)16-10-5-15-6-11(17-10)18-14/h1-3,5-6H,14H2,(H2,16,17,18). The molecule has 0 unspecified atom stereocenters. The molecule has 0 amide bonds. The summed E-state index contributed by atoms with van der Waals surface area (Å²) in [5, 5.41) is 12.2. The van der Waals surface area contributed by atoms with Crippen molar-refractivity contribution in [2.75, 3.05) is 10.7 Å². The van der Waals surface area contributed by atoms with Gasteiger partial charge in [0.25, 0.3) is 0 Å². The number of nitriles is 1. The summed E-state index contributed by atoms with van der Waals surface area (Å²) < 4.78 is 0. The largest absolute Gasteiger partial charge is 0.338 e. The Morgan fingerprint density at radius 2 is 2.06 bits per heavy atom. The maximum atomic E-state index is 8.74. The van der Waals surface area contributed by atoms with Crippen molar-refractivity contribution in [3.63, 3.8) is 0 Å². The molecule has 18 heavy (non-hydrogen) atoms. The van der Waals surface area contributed by atoms with Crippen molar-refractivity contribution in [1.82, 2.24) is 9.97 Å². The molecule has 6 nitrogen and oxygen atoms in total. The molecule has 4 N–H and O–H groups in total. The van der Waals surface area contributed by atoms with E-state index in [-0.39, 0.29) is 0 Å². The Morgan fingerprint density at radius 1 is 1.28 bits per heavy atom. The summed E-state index contributed by atoms with van der Waals surface area (Å²) in [5.41, 5.74) is 3.53. The zero-order chi connectivity index (χ0) is 13.0. The maximum Gasteiger partial charge on any atom is 0.160 e. The number of nitrogens with two attached hydrogens (primary N) is 1. The lowest BCUT2D eigenvalue weighted by Crippen LogP contribution is -2.09. The number of aromatic nitrogens is 2. The van der Waals surface area contributed by atoms with Crippen molar-refractivity contribution in [2.45, 2.75) is 0 Å². The Bertz CT molecular complexity index is 607. The number of hydrogen-bond donors (Lipinski definition) is 3. The summed E-state index contributed by atoms with van der Waals surface area (Å²) in [6, 6.07) is 6.94. The number of halogens is 1. The predicted octanol–water partition coefficient (Wildman–Crippen LogP) is 2.03. The minimum absolute atomic E-state index is 0.432. The van der Waals surface area contributed by atoms with Crippen molar-refractivity contribution in [3.05, 3.63) is 41.2 Å². The summed E-state index contributed by atoms with van der Waals surface area (Å²) in [6.07, 6.45) is 3.03. The third kappa shape index (κ3) is 2.66. The van der Waals surface area contributed by atoms with Crippen LogP contribution in [0.5, 0.6) is 0 Å². The highest BCUT2D eigenvalue weighted by molar-refractivity contribution is 6.33. The maximum absolute atomic E-state index is 8.74. The Kier molecular flexibility index (Phi) is 3.57. The van der Waals surface area contributed by atoms with Gasteiger partial charge in [0.1, 0.15) is 0 Å². The molecule has 2 rings (SSSR count). The van der Waals surface area contributed by atoms with E-state index in [1.165, 1.54) is 12.4 Å². The summed E-state index contributed by atoms with van der Waals surface area (Å²) in [5.74, 6) is 6.17. The number of rotatable bonds is 3. The number of hydrogen-bond acceptors (Lipinski definition) is 6. The highest BCUT2D eigenvalue weighted by atomic mass is 35.5. The highest BCUT2D eigenvalue weighted by Crippen LogP contribution is 2.25. The Morgan fingerprint density at radius 3 is 2.72 bits per heavy atom. The van der Waals surface area contributed by atoms with Crippen LogP contribution in [0.25, 0.3) is 0 Å². The van der Waals surface area contributed by atoms with Gasteiger partial charge >= 0.3 is 0 Å². The second-order valence-corrected chi connectivity index (χ2v) is 3.77. The van der Waals surface area contributed by atoms with Gasteiger partial charge in [-0.2, -0.15) is 5.26 Å². The fourth-order valence-electron chi connectivity index (χ4n) is 1.32. The zero-order valence-electron chi connectivity index (χ0n) is 9.18. The molecule has 0 aliphatic carbocycles. The normalized spacial score (nSPS) is 9.61. The average molecular weight is 261 g/mol. The van der Waals surface area contributed by atoms with Crippen LogP contribution in [0.4, 0.5) is 17.3 Å². The number of anilines is 3. The molecule has 0 atom stereocenters. The van der Waals surface area contributed by atoms with Gasteiger partial charge in [-0.25, -0.2) is 10.8 Å². The number of benzene rings is 1. The highest BCUT2D eigenvalue weighted by Gasteiger charge is 2.04. The fourth-order valence-corrected chi connectivity index (χ4v) is 1.55. The smallest absolute Gasteiger partial charge is 0.160 e. The second-order valence-electron chi connectivity index (χ2n) is 3.37. The van der Waals surface area contributed by atoms with Gasteiger partial charge in [0.05, 0.1) is 34.7 Å². The first kappa shape index (κ1) is 12.1. The van der Waals surface area contributed by atoms with E-state index < -0.39 is 0 Å². The first-order valence-electron chi connectivity index (χ1n) is 4.98. The molecule has 0 aliphatic rings. The molecule has 0 aliphatic heterocycles. The third-order valence-electron chi connectivity index (χ3n) is 2.14. The van der Waals surface area contributed by atoms with E-state index in [0.717, 1.165) is 0 Å². The van der Waals surface area contributed by atoms with Gasteiger partial charge in [-0.15, -0.1) is 0 Å². The van der Waals surface area contributed by atoms with Gasteiger partial charge in [0, 0.05) is 0 Å². The minimum atomic E-state index is 0.432. The number of hydrazine groups is 1. The van der Waals surface area contributed by atoms with Crippen LogP contribution in [0.15, 0.2) is 30.6 Å². The molecule has 0 spiro atoms. The lowest BCUT2D eigenvalue weighted by atomic mass is 10.2. The van der Waals surface area contributed by atoms with E-state index in [0.29, 0.717) is 27.9 Å². The van der Waals surface area contributed by atoms with Crippen LogP contribution in [0, 0.1) is 11.3 Å². The number of nitrogen functional groups attached to an aromatic ring is 1. The van der Waals surface area contributed by atoms with Crippen LogP contribution < -0.4 is 16.6 Å². The van der Waals surface area contributed by atoms with Crippen LogP contribution in [0.2, 0.25) is 5.02 Å². The van der Waals surface area contributed by atoms with Crippen molar-refractivity contribution in [1.29, 1.82) is 5.26 Å². The molecule has 90 valence electrons. The van der Waals surface area contributed by atoms with Gasteiger partial charge in [0.2, 0.25) is 0 Å². The Balaban J connectivity index is 2.26. The van der Waals surface area contributed by atoms with E-state index >= 15 is 0 Å². The quantitative estimate of drug-likeness (QED) is 0.577. The summed E-state index contributed by atoms with van der Waals surface area (Å²) in [7, 11) is 0. The van der Waals surface area contributed by atoms with Crippen LogP contribution in [0.1, 0.15) is 5.56 Å². The third-order valence-corrected chi connectivity index (χ3v) is 2.46. The van der Waals surface area contributed by atoms with Crippen molar-refractivity contribution in [3.8, 4) is 6.07 Å².